The molecule has 2 rings (SSSR count). The normalized spacial score (nSPS) is 15.0. The van der Waals surface area contributed by atoms with Gasteiger partial charge in [-0.05, 0) is 24.1 Å². The van der Waals surface area contributed by atoms with E-state index < -0.39 is 11.3 Å². The average molecular weight is 229 g/mol. The number of rotatable bonds is 3. The van der Waals surface area contributed by atoms with E-state index in [1.165, 1.54) is 0 Å². The van der Waals surface area contributed by atoms with Gasteiger partial charge in [-0.15, -0.1) is 11.6 Å². The lowest BCUT2D eigenvalue weighted by molar-refractivity contribution is -0.136. The van der Waals surface area contributed by atoms with Gasteiger partial charge in [-0.1, -0.05) is 6.07 Å². The van der Waals surface area contributed by atoms with Crippen LogP contribution >= 0.6 is 11.6 Å². The first-order chi connectivity index (χ1) is 7.16. The topological polar surface area (TPSA) is 55.8 Å². The van der Waals surface area contributed by atoms with E-state index in [0.717, 1.165) is 5.56 Å². The highest BCUT2D eigenvalue weighted by atomic mass is 35.5. The van der Waals surface area contributed by atoms with Gasteiger partial charge < -0.3 is 14.6 Å². The fraction of sp³-hybridized carbons (Fsp3) is 0.300. The molecule has 0 amide bonds. The highest BCUT2D eigenvalue weighted by Crippen LogP contribution is 2.32. The molecular formula is C10H9ClO4. The second kappa shape index (κ2) is 3.98. The van der Waals surface area contributed by atoms with Gasteiger partial charge in [-0.3, -0.25) is 4.79 Å². The summed E-state index contributed by atoms with van der Waals surface area (Å²) in [5.74, 6) is 0.302. The molecule has 80 valence electrons. The Morgan fingerprint density at radius 2 is 2.20 bits per heavy atom. The third kappa shape index (κ3) is 2.15. The third-order valence-electron chi connectivity index (χ3n) is 2.12. The Labute approximate surface area is 91.4 Å². The number of carboxylic acids is 1. The van der Waals surface area contributed by atoms with Crippen molar-refractivity contribution in [2.75, 3.05) is 6.79 Å². The van der Waals surface area contributed by atoms with Crippen LogP contribution in [0.1, 0.15) is 5.56 Å². The Morgan fingerprint density at radius 1 is 1.47 bits per heavy atom. The second-order valence-corrected chi connectivity index (χ2v) is 3.72. The van der Waals surface area contributed by atoms with E-state index >= 15 is 0 Å². The smallest absolute Gasteiger partial charge is 0.321 e. The predicted octanol–water partition coefficient (Wildman–Crippen LogP) is 1.65. The summed E-state index contributed by atoms with van der Waals surface area (Å²) in [5, 5.41) is 7.74. The van der Waals surface area contributed by atoms with Crippen LogP contribution in [0.5, 0.6) is 11.5 Å². The van der Waals surface area contributed by atoms with E-state index in [1.807, 2.05) is 0 Å². The largest absolute Gasteiger partial charge is 0.480 e. The van der Waals surface area contributed by atoms with E-state index in [4.69, 9.17) is 26.2 Å². The van der Waals surface area contributed by atoms with Gasteiger partial charge in [0.1, 0.15) is 5.38 Å². The van der Waals surface area contributed by atoms with Gasteiger partial charge in [-0.2, -0.15) is 0 Å². The minimum atomic E-state index is -1.02. The average Bonchev–Trinajstić information content (AvgIpc) is 2.64. The molecule has 1 N–H and O–H groups in total. The molecule has 0 aliphatic carbocycles. The van der Waals surface area contributed by atoms with E-state index in [0.29, 0.717) is 11.5 Å². The molecule has 1 heterocycles. The van der Waals surface area contributed by atoms with E-state index in [-0.39, 0.29) is 13.2 Å². The lowest BCUT2D eigenvalue weighted by Gasteiger charge is -2.05. The first-order valence-electron chi connectivity index (χ1n) is 4.42. The summed E-state index contributed by atoms with van der Waals surface area (Å²) in [6, 6.07) is 5.29. The molecule has 0 saturated carbocycles. The van der Waals surface area contributed by atoms with Crippen molar-refractivity contribution in [3.63, 3.8) is 0 Å². The number of benzene rings is 1. The Hall–Kier alpha value is -1.42. The summed E-state index contributed by atoms with van der Waals surface area (Å²) in [6.07, 6.45) is 0.271. The Morgan fingerprint density at radius 3 is 2.93 bits per heavy atom. The van der Waals surface area contributed by atoms with Gasteiger partial charge in [0.2, 0.25) is 6.79 Å². The number of carbonyl (C=O) groups is 1. The van der Waals surface area contributed by atoms with Crippen molar-refractivity contribution in [2.45, 2.75) is 11.8 Å². The molecule has 0 radical (unpaired) electrons. The van der Waals surface area contributed by atoms with Crippen molar-refractivity contribution >= 4 is 17.6 Å². The molecule has 1 aliphatic heterocycles. The van der Waals surface area contributed by atoms with Crippen molar-refractivity contribution in [3.05, 3.63) is 23.8 Å². The molecule has 1 atom stereocenters. The monoisotopic (exact) mass is 228 g/mol. The Balaban J connectivity index is 2.13. The number of hydrogen-bond acceptors (Lipinski definition) is 3. The first-order valence-corrected chi connectivity index (χ1v) is 4.86. The first kappa shape index (κ1) is 10.1. The van der Waals surface area contributed by atoms with Crippen molar-refractivity contribution in [2.24, 2.45) is 0 Å². The fourth-order valence-corrected chi connectivity index (χ4v) is 1.54. The van der Waals surface area contributed by atoms with Gasteiger partial charge in [0.15, 0.2) is 11.5 Å². The molecule has 5 heteroatoms. The summed E-state index contributed by atoms with van der Waals surface area (Å²) in [7, 11) is 0. The number of alkyl halides is 1. The van der Waals surface area contributed by atoms with Gasteiger partial charge in [0.25, 0.3) is 0 Å². The van der Waals surface area contributed by atoms with Crippen LogP contribution in [-0.4, -0.2) is 23.2 Å². The molecule has 15 heavy (non-hydrogen) atoms. The zero-order valence-corrected chi connectivity index (χ0v) is 8.53. The van der Waals surface area contributed by atoms with Gasteiger partial charge in [0.05, 0.1) is 0 Å². The van der Waals surface area contributed by atoms with Crippen LogP contribution in [0, 0.1) is 0 Å². The predicted molar refractivity (Wildman–Crippen MR) is 53.5 cm³/mol. The molecular weight excluding hydrogens is 220 g/mol. The number of carboxylic acid groups (broad SMARTS) is 1. The van der Waals surface area contributed by atoms with Crippen molar-refractivity contribution in [3.8, 4) is 11.5 Å². The van der Waals surface area contributed by atoms with E-state index in [2.05, 4.69) is 0 Å². The van der Waals surface area contributed by atoms with Gasteiger partial charge in [-0.25, -0.2) is 0 Å². The molecule has 1 unspecified atom stereocenters. The Bertz CT molecular complexity index is 391. The van der Waals surface area contributed by atoms with Crippen molar-refractivity contribution in [1.29, 1.82) is 0 Å². The maximum Gasteiger partial charge on any atom is 0.321 e. The highest BCUT2D eigenvalue weighted by molar-refractivity contribution is 6.29. The highest BCUT2D eigenvalue weighted by Gasteiger charge is 2.17. The van der Waals surface area contributed by atoms with Crippen LogP contribution in [0.2, 0.25) is 0 Å². The third-order valence-corrected chi connectivity index (χ3v) is 2.46. The number of ether oxygens (including phenoxy) is 2. The van der Waals surface area contributed by atoms with E-state index in [1.54, 1.807) is 18.2 Å². The van der Waals surface area contributed by atoms with Crippen molar-refractivity contribution in [1.82, 2.24) is 0 Å². The number of fused-ring (bicyclic) bond motifs is 1. The summed E-state index contributed by atoms with van der Waals surface area (Å²) in [4.78, 5) is 10.5. The van der Waals surface area contributed by atoms with Crippen LogP contribution in [-0.2, 0) is 11.2 Å². The van der Waals surface area contributed by atoms with Crippen LogP contribution in [0.3, 0.4) is 0 Å². The zero-order valence-electron chi connectivity index (χ0n) is 7.77. The lowest BCUT2D eigenvalue weighted by Crippen LogP contribution is -2.15. The van der Waals surface area contributed by atoms with Gasteiger partial charge >= 0.3 is 5.97 Å². The molecule has 0 aromatic heterocycles. The minimum absolute atomic E-state index is 0.210. The molecule has 1 aromatic rings. The molecule has 0 fully saturated rings. The minimum Gasteiger partial charge on any atom is -0.480 e. The maximum absolute atomic E-state index is 10.5. The quantitative estimate of drug-likeness (QED) is 0.800. The Kier molecular flexibility index (Phi) is 2.68. The summed E-state index contributed by atoms with van der Waals surface area (Å²) < 4.78 is 10.3. The molecule has 1 aliphatic rings. The zero-order chi connectivity index (χ0) is 10.8. The molecule has 4 nitrogen and oxygen atoms in total. The van der Waals surface area contributed by atoms with E-state index in [9.17, 15) is 4.79 Å². The van der Waals surface area contributed by atoms with Crippen molar-refractivity contribution < 1.29 is 19.4 Å². The summed E-state index contributed by atoms with van der Waals surface area (Å²) >= 11 is 5.63. The fourth-order valence-electron chi connectivity index (χ4n) is 1.36. The van der Waals surface area contributed by atoms with Crippen LogP contribution < -0.4 is 9.47 Å². The van der Waals surface area contributed by atoms with Crippen LogP contribution in [0.15, 0.2) is 18.2 Å². The van der Waals surface area contributed by atoms with Gasteiger partial charge in [0, 0.05) is 0 Å². The van der Waals surface area contributed by atoms with Crippen LogP contribution in [0.4, 0.5) is 0 Å². The molecule has 1 aromatic carbocycles. The number of halogens is 1. The summed E-state index contributed by atoms with van der Waals surface area (Å²) in [6.45, 7) is 0.210. The molecule has 0 bridgehead atoms. The lowest BCUT2D eigenvalue weighted by atomic mass is 10.1. The standard InChI is InChI=1S/C10H9ClO4/c11-7(10(12)13)3-6-1-2-8-9(4-6)15-5-14-8/h1-2,4,7H,3,5H2,(H,12,13). The number of aliphatic carboxylic acids is 1. The maximum atomic E-state index is 10.5. The molecule has 0 spiro atoms. The molecule has 0 saturated heterocycles. The summed E-state index contributed by atoms with van der Waals surface area (Å²) in [5.41, 5.74) is 0.821. The SMILES string of the molecule is O=C(O)C(Cl)Cc1ccc2c(c1)OCO2. The number of hydrogen-bond donors (Lipinski definition) is 1. The van der Waals surface area contributed by atoms with Crippen LogP contribution in [0.25, 0.3) is 0 Å². The second-order valence-electron chi connectivity index (χ2n) is 3.20.